The second-order valence-electron chi connectivity index (χ2n) is 6.16. The van der Waals surface area contributed by atoms with Gasteiger partial charge in [0.15, 0.2) is 5.13 Å². The number of hydrogen-bond acceptors (Lipinski definition) is 6. The molecule has 1 N–H and O–H groups in total. The molecule has 1 amide bonds. The number of amides is 1. The molecule has 0 atom stereocenters. The van der Waals surface area contributed by atoms with Gasteiger partial charge in [0.25, 0.3) is 0 Å². The van der Waals surface area contributed by atoms with E-state index in [1.54, 1.807) is 23.5 Å². The largest absolute Gasteiger partial charge is 0.339 e. The van der Waals surface area contributed by atoms with Gasteiger partial charge in [-0.3, -0.25) is 4.79 Å². The third-order valence-electron chi connectivity index (χ3n) is 4.21. The van der Waals surface area contributed by atoms with Crippen LogP contribution in [-0.2, 0) is 24.1 Å². The van der Waals surface area contributed by atoms with Crippen molar-refractivity contribution in [1.29, 1.82) is 0 Å². The fourth-order valence-electron chi connectivity index (χ4n) is 2.90. The number of anilines is 1. The van der Waals surface area contributed by atoms with Crippen molar-refractivity contribution in [2.24, 2.45) is 0 Å². The van der Waals surface area contributed by atoms with E-state index in [9.17, 15) is 9.18 Å². The van der Waals surface area contributed by atoms with Gasteiger partial charge in [-0.2, -0.15) is 4.98 Å². The zero-order chi connectivity index (χ0) is 17.9. The number of halogens is 1. The lowest BCUT2D eigenvalue weighted by Crippen LogP contribution is -2.11. The van der Waals surface area contributed by atoms with Crippen molar-refractivity contribution in [3.05, 3.63) is 46.5 Å². The number of nitrogens with zero attached hydrogens (tertiary/aromatic N) is 3. The monoisotopic (exact) mass is 372 g/mol. The number of carbonyl (C=O) groups excluding carboxylic acids is 1. The zero-order valence-electron chi connectivity index (χ0n) is 14.0. The Hall–Kier alpha value is -2.61. The van der Waals surface area contributed by atoms with E-state index in [1.165, 1.54) is 17.0 Å². The number of benzene rings is 1. The Bertz CT molecular complexity index is 898. The van der Waals surface area contributed by atoms with E-state index in [-0.39, 0.29) is 11.7 Å². The quantitative estimate of drug-likeness (QED) is 0.712. The Morgan fingerprint density at radius 1 is 1.23 bits per heavy atom. The molecule has 0 saturated carbocycles. The normalized spacial score (nSPS) is 13.0. The molecule has 8 heteroatoms. The van der Waals surface area contributed by atoms with E-state index in [1.807, 2.05) is 0 Å². The maximum Gasteiger partial charge on any atom is 0.226 e. The van der Waals surface area contributed by atoms with E-state index in [0.29, 0.717) is 41.7 Å². The molecule has 1 aliphatic carbocycles. The molecule has 26 heavy (non-hydrogen) atoms. The number of aromatic nitrogens is 3. The number of thiazole rings is 1. The van der Waals surface area contributed by atoms with E-state index < -0.39 is 0 Å². The summed E-state index contributed by atoms with van der Waals surface area (Å²) in [4.78, 5) is 22.1. The van der Waals surface area contributed by atoms with Crippen molar-refractivity contribution >= 4 is 22.4 Å². The lowest BCUT2D eigenvalue weighted by Gasteiger charge is -2.00. The molecule has 3 aromatic rings. The van der Waals surface area contributed by atoms with Crippen LogP contribution in [0.25, 0.3) is 11.4 Å². The number of aryl methyl sites for hydroxylation is 3. The molecule has 1 aliphatic rings. The first-order chi connectivity index (χ1) is 12.7. The predicted molar refractivity (Wildman–Crippen MR) is 95.4 cm³/mol. The Morgan fingerprint density at radius 2 is 2.08 bits per heavy atom. The molecule has 0 bridgehead atoms. The van der Waals surface area contributed by atoms with Crippen LogP contribution in [0.15, 0.2) is 28.8 Å². The van der Waals surface area contributed by atoms with Crippen molar-refractivity contribution in [3.63, 3.8) is 0 Å². The summed E-state index contributed by atoms with van der Waals surface area (Å²) in [5.41, 5.74) is 1.82. The highest BCUT2D eigenvalue weighted by molar-refractivity contribution is 7.15. The minimum Gasteiger partial charge on any atom is -0.339 e. The van der Waals surface area contributed by atoms with Gasteiger partial charge in [-0.15, -0.1) is 11.3 Å². The highest BCUT2D eigenvalue weighted by Gasteiger charge is 2.17. The molecular formula is C18H17FN4O2S. The highest BCUT2D eigenvalue weighted by Crippen LogP contribution is 2.30. The average Bonchev–Trinajstić information content (AvgIpc) is 3.32. The summed E-state index contributed by atoms with van der Waals surface area (Å²) >= 11 is 1.57. The molecule has 134 valence electrons. The van der Waals surface area contributed by atoms with Gasteiger partial charge in [0.1, 0.15) is 5.82 Å². The molecule has 0 unspecified atom stereocenters. The third kappa shape index (κ3) is 3.80. The van der Waals surface area contributed by atoms with Crippen molar-refractivity contribution in [1.82, 2.24) is 15.1 Å². The van der Waals surface area contributed by atoms with Crippen LogP contribution in [0.5, 0.6) is 0 Å². The molecule has 2 aromatic heterocycles. The van der Waals surface area contributed by atoms with Gasteiger partial charge in [0.2, 0.25) is 17.6 Å². The minimum absolute atomic E-state index is 0.0595. The maximum atomic E-state index is 12.9. The first-order valence-corrected chi connectivity index (χ1v) is 9.36. The predicted octanol–water partition coefficient (Wildman–Crippen LogP) is 3.78. The molecule has 6 nitrogen and oxygen atoms in total. The van der Waals surface area contributed by atoms with E-state index >= 15 is 0 Å². The summed E-state index contributed by atoms with van der Waals surface area (Å²) in [6, 6.07) is 5.90. The Kier molecular flexibility index (Phi) is 4.75. The molecular weight excluding hydrogens is 355 g/mol. The van der Waals surface area contributed by atoms with Crippen LogP contribution < -0.4 is 5.32 Å². The number of fused-ring (bicyclic) bond motifs is 1. The lowest BCUT2D eigenvalue weighted by atomic mass is 10.2. The smallest absolute Gasteiger partial charge is 0.226 e. The van der Waals surface area contributed by atoms with Crippen LogP contribution in [0.2, 0.25) is 0 Å². The molecule has 1 aromatic carbocycles. The number of nitrogens with one attached hydrogen (secondary N) is 1. The molecule has 0 saturated heterocycles. The SMILES string of the molecule is O=C(CCCc1nc(-c2ccc(F)cc2)no1)Nc1nc2c(s1)CCC2. The molecule has 0 fully saturated rings. The fourth-order valence-corrected chi connectivity index (χ4v) is 3.96. The van der Waals surface area contributed by atoms with Gasteiger partial charge in [0, 0.05) is 23.3 Å². The first kappa shape index (κ1) is 16.8. The van der Waals surface area contributed by atoms with Crippen LogP contribution >= 0.6 is 11.3 Å². The van der Waals surface area contributed by atoms with Crippen LogP contribution in [-0.4, -0.2) is 21.0 Å². The summed E-state index contributed by atoms with van der Waals surface area (Å²) in [6.07, 6.45) is 4.70. The summed E-state index contributed by atoms with van der Waals surface area (Å²) < 4.78 is 18.1. The summed E-state index contributed by atoms with van der Waals surface area (Å²) in [6.45, 7) is 0. The van der Waals surface area contributed by atoms with Crippen molar-refractivity contribution in [3.8, 4) is 11.4 Å². The van der Waals surface area contributed by atoms with Crippen molar-refractivity contribution in [2.45, 2.75) is 38.5 Å². The molecule has 0 aliphatic heterocycles. The minimum atomic E-state index is -0.311. The summed E-state index contributed by atoms with van der Waals surface area (Å²) in [5, 5.41) is 7.44. The Labute approximate surface area is 153 Å². The van der Waals surface area contributed by atoms with Gasteiger partial charge in [-0.25, -0.2) is 9.37 Å². The second kappa shape index (κ2) is 7.33. The maximum absolute atomic E-state index is 12.9. The topological polar surface area (TPSA) is 80.9 Å². The number of hydrogen-bond donors (Lipinski definition) is 1. The van der Waals surface area contributed by atoms with Crippen molar-refractivity contribution < 1.29 is 13.7 Å². The first-order valence-electron chi connectivity index (χ1n) is 8.54. The zero-order valence-corrected chi connectivity index (χ0v) is 14.8. The van der Waals surface area contributed by atoms with E-state index in [0.717, 1.165) is 25.0 Å². The Balaban J connectivity index is 1.26. The van der Waals surface area contributed by atoms with Crippen molar-refractivity contribution in [2.75, 3.05) is 5.32 Å². The molecule has 0 radical (unpaired) electrons. The standard InChI is InChI=1S/C18H17FN4O2S/c19-12-9-7-11(8-10-12)17-22-16(25-23-17)6-2-5-15(24)21-18-20-13-3-1-4-14(13)26-18/h7-10H,1-6H2,(H,20,21,24). The third-order valence-corrected chi connectivity index (χ3v) is 5.28. The Morgan fingerprint density at radius 3 is 2.88 bits per heavy atom. The second-order valence-corrected chi connectivity index (χ2v) is 7.25. The van der Waals surface area contributed by atoms with Gasteiger partial charge < -0.3 is 9.84 Å². The summed E-state index contributed by atoms with van der Waals surface area (Å²) in [5.74, 6) is 0.511. The summed E-state index contributed by atoms with van der Waals surface area (Å²) in [7, 11) is 0. The van der Waals surface area contributed by atoms with Crippen LogP contribution in [0, 0.1) is 5.82 Å². The highest BCUT2D eigenvalue weighted by atomic mass is 32.1. The lowest BCUT2D eigenvalue weighted by molar-refractivity contribution is -0.116. The van der Waals surface area contributed by atoms with Crippen LogP contribution in [0.3, 0.4) is 0 Å². The van der Waals surface area contributed by atoms with Gasteiger partial charge in [-0.1, -0.05) is 5.16 Å². The average molecular weight is 372 g/mol. The van der Waals surface area contributed by atoms with Crippen LogP contribution in [0.1, 0.15) is 35.7 Å². The molecule has 0 spiro atoms. The van der Waals surface area contributed by atoms with Crippen LogP contribution in [0.4, 0.5) is 9.52 Å². The number of rotatable bonds is 6. The molecule has 2 heterocycles. The van der Waals surface area contributed by atoms with E-state index in [4.69, 9.17) is 4.52 Å². The molecule has 4 rings (SSSR count). The van der Waals surface area contributed by atoms with Gasteiger partial charge >= 0.3 is 0 Å². The number of carbonyl (C=O) groups is 1. The van der Waals surface area contributed by atoms with Gasteiger partial charge in [-0.05, 0) is 49.9 Å². The fraction of sp³-hybridized carbons (Fsp3) is 0.333. The van der Waals surface area contributed by atoms with E-state index in [2.05, 4.69) is 20.4 Å². The van der Waals surface area contributed by atoms with Gasteiger partial charge in [0.05, 0.1) is 5.69 Å².